The van der Waals surface area contributed by atoms with Gasteiger partial charge in [0.15, 0.2) is 0 Å². The van der Waals surface area contributed by atoms with Crippen molar-refractivity contribution in [3.8, 4) is 0 Å². The highest BCUT2D eigenvalue weighted by atomic mass is 35.5. The highest BCUT2D eigenvalue weighted by molar-refractivity contribution is 6.31. The summed E-state index contributed by atoms with van der Waals surface area (Å²) in [4.78, 5) is 34.4. The molecule has 2 aliphatic heterocycles. The summed E-state index contributed by atoms with van der Waals surface area (Å²) in [5.41, 5.74) is 2.52. The zero-order chi connectivity index (χ0) is 24.5. The molecule has 1 saturated heterocycles. The Balaban J connectivity index is 1.66. The molecule has 3 aromatic carbocycles. The molecule has 0 aliphatic carbocycles. The molecule has 2 heterocycles. The lowest BCUT2D eigenvalue weighted by Gasteiger charge is -2.35. The van der Waals surface area contributed by atoms with Gasteiger partial charge < -0.3 is 4.90 Å². The third kappa shape index (κ3) is 4.94. The highest BCUT2D eigenvalue weighted by Crippen LogP contribution is 2.45. The first kappa shape index (κ1) is 23.9. The fraction of sp³-hybridized carbons (Fsp3) is 0.222. The van der Waals surface area contributed by atoms with Crippen molar-refractivity contribution in [1.82, 2.24) is 9.80 Å². The molecule has 3 aromatic rings. The summed E-state index contributed by atoms with van der Waals surface area (Å²) >= 11 is 18.9. The first-order valence-corrected chi connectivity index (χ1v) is 12.5. The van der Waals surface area contributed by atoms with Crippen LogP contribution in [0.3, 0.4) is 0 Å². The van der Waals surface area contributed by atoms with Gasteiger partial charge in [0.2, 0.25) is 0 Å². The average molecular weight is 527 g/mol. The van der Waals surface area contributed by atoms with Crippen molar-refractivity contribution < 1.29 is 9.59 Å². The Morgan fingerprint density at radius 1 is 0.800 bits per heavy atom. The summed E-state index contributed by atoms with van der Waals surface area (Å²) in [6.07, 6.45) is 0.706. The van der Waals surface area contributed by atoms with Crippen LogP contribution in [0.25, 0.3) is 0 Å². The normalized spacial score (nSPS) is 20.2. The monoisotopic (exact) mass is 525 g/mol. The molecule has 35 heavy (non-hydrogen) atoms. The fourth-order valence-corrected chi connectivity index (χ4v) is 5.14. The van der Waals surface area contributed by atoms with Crippen LogP contribution < -0.4 is 0 Å². The lowest BCUT2D eigenvalue weighted by molar-refractivity contribution is -0.120. The number of urea groups is 1. The third-order valence-electron chi connectivity index (χ3n) is 6.35. The number of hydrogen-bond acceptors (Lipinski definition) is 3. The molecule has 0 radical (unpaired) electrons. The van der Waals surface area contributed by atoms with Gasteiger partial charge >= 0.3 is 6.03 Å². The van der Waals surface area contributed by atoms with Gasteiger partial charge in [-0.15, -0.1) is 0 Å². The standard InChI is InChI=1S/C27H22Cl3N3O2/c28-20-9-7-17(8-10-20)24-25(18-3-1-5-21(29)15-18)33(27(35)32-13-11-23(34)12-14-32)26(31-24)19-4-2-6-22(30)16-19/h1-10,15-16,24-25H,11-14H2. The maximum absolute atomic E-state index is 14.0. The molecule has 0 bridgehead atoms. The first-order valence-electron chi connectivity index (χ1n) is 11.4. The van der Waals surface area contributed by atoms with Gasteiger partial charge in [0.1, 0.15) is 17.7 Å². The molecular weight excluding hydrogens is 505 g/mol. The summed E-state index contributed by atoms with van der Waals surface area (Å²) in [7, 11) is 0. The van der Waals surface area contributed by atoms with Crippen molar-refractivity contribution >= 4 is 52.5 Å². The van der Waals surface area contributed by atoms with Gasteiger partial charge in [0, 0.05) is 46.6 Å². The number of carbonyl (C=O) groups excluding carboxylic acids is 2. The summed E-state index contributed by atoms with van der Waals surface area (Å²) in [5, 5.41) is 1.75. The number of halogens is 3. The molecule has 5 nitrogen and oxygen atoms in total. The van der Waals surface area contributed by atoms with Crippen LogP contribution in [0, 0.1) is 0 Å². The van der Waals surface area contributed by atoms with Crippen LogP contribution in [0.1, 0.15) is 41.6 Å². The third-order valence-corrected chi connectivity index (χ3v) is 7.07. The van der Waals surface area contributed by atoms with Gasteiger partial charge in [0.25, 0.3) is 0 Å². The van der Waals surface area contributed by atoms with Crippen LogP contribution in [0.5, 0.6) is 0 Å². The van der Waals surface area contributed by atoms with Gasteiger partial charge in [-0.2, -0.15) is 0 Å². The topological polar surface area (TPSA) is 53.0 Å². The number of nitrogens with zero attached hydrogens (tertiary/aromatic N) is 3. The molecule has 0 N–H and O–H groups in total. The number of Topliss-reactive ketones (excluding diaryl/α,β-unsaturated/α-hetero) is 1. The number of carbonyl (C=O) groups is 2. The Kier molecular flexibility index (Phi) is 6.83. The summed E-state index contributed by atoms with van der Waals surface area (Å²) < 4.78 is 0. The van der Waals surface area contributed by atoms with Crippen LogP contribution in [-0.4, -0.2) is 40.5 Å². The number of likely N-dealkylation sites (tertiary alicyclic amines) is 1. The van der Waals surface area contributed by atoms with Crippen molar-refractivity contribution in [2.24, 2.45) is 4.99 Å². The van der Waals surface area contributed by atoms with E-state index in [0.717, 1.165) is 16.7 Å². The van der Waals surface area contributed by atoms with E-state index in [4.69, 9.17) is 39.8 Å². The Bertz CT molecular complexity index is 1300. The average Bonchev–Trinajstić information content (AvgIpc) is 3.25. The van der Waals surface area contributed by atoms with E-state index in [1.807, 2.05) is 54.6 Å². The number of hydrogen-bond donors (Lipinski definition) is 0. The predicted molar refractivity (Wildman–Crippen MR) is 139 cm³/mol. The van der Waals surface area contributed by atoms with Crippen molar-refractivity contribution in [1.29, 1.82) is 0 Å². The second kappa shape index (κ2) is 10.0. The number of amides is 2. The second-order valence-electron chi connectivity index (χ2n) is 8.64. The Labute approximate surface area is 218 Å². The van der Waals surface area contributed by atoms with Crippen molar-refractivity contribution in [3.63, 3.8) is 0 Å². The van der Waals surface area contributed by atoms with Crippen molar-refractivity contribution in [3.05, 3.63) is 105 Å². The molecule has 2 atom stereocenters. The fourth-order valence-electron chi connectivity index (χ4n) is 4.63. The summed E-state index contributed by atoms with van der Waals surface area (Å²) in [6, 6.07) is 21.3. The molecule has 2 aliphatic rings. The maximum Gasteiger partial charge on any atom is 0.326 e. The van der Waals surface area contributed by atoms with Crippen molar-refractivity contribution in [2.45, 2.75) is 24.9 Å². The number of aliphatic imine (C=N–C) groups is 1. The van der Waals surface area contributed by atoms with Gasteiger partial charge in [0.05, 0.1) is 6.04 Å². The van der Waals surface area contributed by atoms with Gasteiger partial charge in [-0.05, 0) is 47.5 Å². The molecule has 1 fully saturated rings. The molecule has 178 valence electrons. The smallest absolute Gasteiger partial charge is 0.323 e. The van der Waals surface area contributed by atoms with E-state index in [1.54, 1.807) is 28.0 Å². The molecular formula is C27H22Cl3N3O2. The number of rotatable bonds is 3. The summed E-state index contributed by atoms with van der Waals surface area (Å²) in [6.45, 7) is 0.760. The minimum absolute atomic E-state index is 0.171. The van der Waals surface area contributed by atoms with Crippen LogP contribution in [0.15, 0.2) is 77.8 Å². The molecule has 0 spiro atoms. The van der Waals surface area contributed by atoms with Crippen LogP contribution in [0.2, 0.25) is 15.1 Å². The van der Waals surface area contributed by atoms with E-state index in [0.29, 0.717) is 46.8 Å². The molecule has 0 saturated carbocycles. The number of benzene rings is 3. The van der Waals surface area contributed by atoms with E-state index in [-0.39, 0.29) is 11.8 Å². The number of ketones is 1. The van der Waals surface area contributed by atoms with Crippen molar-refractivity contribution in [2.75, 3.05) is 13.1 Å². The van der Waals surface area contributed by atoms with E-state index >= 15 is 0 Å². The lowest BCUT2D eigenvalue weighted by Crippen LogP contribution is -2.49. The SMILES string of the molecule is O=C1CCN(C(=O)N2C(c3cccc(Cl)c3)=NC(c3ccc(Cl)cc3)C2c2cccc(Cl)c2)CC1. The largest absolute Gasteiger partial charge is 0.326 e. The van der Waals surface area contributed by atoms with Gasteiger partial charge in [-0.3, -0.25) is 14.7 Å². The van der Waals surface area contributed by atoms with E-state index in [2.05, 4.69) is 0 Å². The van der Waals surface area contributed by atoms with E-state index in [1.165, 1.54) is 0 Å². The minimum Gasteiger partial charge on any atom is -0.323 e. The molecule has 2 unspecified atom stereocenters. The summed E-state index contributed by atoms with van der Waals surface area (Å²) in [5.74, 6) is 0.698. The predicted octanol–water partition coefficient (Wildman–Crippen LogP) is 6.98. The Morgan fingerprint density at radius 2 is 1.46 bits per heavy atom. The minimum atomic E-state index is -0.450. The van der Waals surface area contributed by atoms with E-state index in [9.17, 15) is 9.59 Å². The zero-order valence-corrected chi connectivity index (χ0v) is 21.0. The Hall–Kier alpha value is -2.86. The van der Waals surface area contributed by atoms with Crippen LogP contribution >= 0.6 is 34.8 Å². The molecule has 8 heteroatoms. The zero-order valence-electron chi connectivity index (χ0n) is 18.7. The Morgan fingerprint density at radius 3 is 2.11 bits per heavy atom. The molecule has 2 amide bonds. The molecule has 0 aromatic heterocycles. The van der Waals surface area contributed by atoms with Crippen LogP contribution in [-0.2, 0) is 4.79 Å². The first-order chi connectivity index (χ1) is 16.9. The number of piperidine rings is 1. The molecule has 5 rings (SSSR count). The lowest BCUT2D eigenvalue weighted by atomic mass is 9.93. The number of amidine groups is 1. The quantitative estimate of drug-likeness (QED) is 0.370. The van der Waals surface area contributed by atoms with Crippen LogP contribution in [0.4, 0.5) is 4.79 Å². The van der Waals surface area contributed by atoms with Gasteiger partial charge in [-0.1, -0.05) is 71.2 Å². The van der Waals surface area contributed by atoms with E-state index < -0.39 is 12.1 Å². The van der Waals surface area contributed by atoms with Gasteiger partial charge in [-0.25, -0.2) is 4.79 Å². The maximum atomic E-state index is 14.0. The second-order valence-corrected chi connectivity index (χ2v) is 9.95. The highest BCUT2D eigenvalue weighted by Gasteiger charge is 2.44.